The number of halogens is 3. The van der Waals surface area contributed by atoms with Crippen molar-refractivity contribution < 1.29 is 27.2 Å². The largest absolute Gasteiger partial charge is 0.452 e. The van der Waals surface area contributed by atoms with Gasteiger partial charge in [-0.2, -0.15) is 13.2 Å². The molecule has 4 rings (SSSR count). The first kappa shape index (κ1) is 22.4. The Morgan fingerprint density at radius 2 is 2.00 bits per heavy atom. The molecule has 2 aliphatic carbocycles. The van der Waals surface area contributed by atoms with E-state index in [1.54, 1.807) is 0 Å². The number of ether oxygens (including phenoxy) is 1. The fourth-order valence-corrected chi connectivity index (χ4v) is 5.23. The highest BCUT2D eigenvalue weighted by Gasteiger charge is 2.62. The Kier molecular flexibility index (Phi) is 5.77. The van der Waals surface area contributed by atoms with Crippen molar-refractivity contribution in [2.75, 3.05) is 19.6 Å². The van der Waals surface area contributed by atoms with Crippen molar-refractivity contribution in [2.45, 2.75) is 82.5 Å². The van der Waals surface area contributed by atoms with E-state index in [0.29, 0.717) is 17.5 Å². The van der Waals surface area contributed by atoms with Gasteiger partial charge >= 0.3 is 12.3 Å². The Morgan fingerprint density at radius 3 is 2.61 bits per heavy atom. The van der Waals surface area contributed by atoms with Crippen molar-refractivity contribution in [3.05, 3.63) is 17.5 Å². The van der Waals surface area contributed by atoms with Crippen molar-refractivity contribution in [1.29, 1.82) is 0 Å². The summed E-state index contributed by atoms with van der Waals surface area (Å²) in [5, 5.41) is 6.72. The SMILES string of the molecule is CC(C)(C)OC(=O)NC1CCC(CCN2C[C@@H]3C[C@]3(c3cc(C(F)(F)F)on3)C2)CC1. The Hall–Kier alpha value is -1.77. The van der Waals surface area contributed by atoms with Crippen LogP contribution in [0.4, 0.5) is 18.0 Å². The standard InChI is InChI=1S/C22H32F3N3O3/c1-20(2,3)30-19(29)26-16-6-4-14(5-7-16)8-9-28-12-15-11-21(15,13-28)17-10-18(31-27-17)22(23,24)25/h10,14-16H,4-9,11-13H2,1-3H3,(H,26,29)/t14?,15-,16?,21-/m0/s1. The van der Waals surface area contributed by atoms with Gasteiger partial charge in [-0.25, -0.2) is 4.79 Å². The molecule has 1 aromatic rings. The van der Waals surface area contributed by atoms with Crippen molar-refractivity contribution in [3.63, 3.8) is 0 Å². The predicted octanol–water partition coefficient (Wildman–Crippen LogP) is 4.74. The van der Waals surface area contributed by atoms with E-state index in [4.69, 9.17) is 4.74 Å². The molecule has 0 unspecified atom stereocenters. The molecule has 1 aromatic heterocycles. The minimum atomic E-state index is -4.48. The van der Waals surface area contributed by atoms with Gasteiger partial charge in [0.15, 0.2) is 0 Å². The molecule has 0 bridgehead atoms. The quantitative estimate of drug-likeness (QED) is 0.712. The summed E-state index contributed by atoms with van der Waals surface area (Å²) in [7, 11) is 0. The molecule has 3 aliphatic rings. The molecule has 2 heterocycles. The van der Waals surface area contributed by atoms with Gasteiger partial charge < -0.3 is 19.5 Å². The highest BCUT2D eigenvalue weighted by atomic mass is 19.4. The zero-order valence-electron chi connectivity index (χ0n) is 18.4. The minimum Gasteiger partial charge on any atom is -0.444 e. The lowest BCUT2D eigenvalue weighted by atomic mass is 9.84. The Balaban J connectivity index is 1.19. The summed E-state index contributed by atoms with van der Waals surface area (Å²) in [6.07, 6.45) is 1.19. The molecule has 2 atom stereocenters. The number of aromatic nitrogens is 1. The van der Waals surface area contributed by atoms with Crippen molar-refractivity contribution in [3.8, 4) is 0 Å². The summed E-state index contributed by atoms with van der Waals surface area (Å²) in [5.41, 5.74) is -0.279. The number of amides is 1. The van der Waals surface area contributed by atoms with Crippen LogP contribution in [0, 0.1) is 11.8 Å². The number of likely N-dealkylation sites (tertiary alicyclic amines) is 1. The summed E-state index contributed by atoms with van der Waals surface area (Å²) in [5.74, 6) is -0.00128. The van der Waals surface area contributed by atoms with Gasteiger partial charge in [0, 0.05) is 30.6 Å². The van der Waals surface area contributed by atoms with Gasteiger partial charge in [-0.05, 0) is 77.7 Å². The fraction of sp³-hybridized carbons (Fsp3) is 0.818. The molecule has 6 nitrogen and oxygen atoms in total. The first-order valence-electron chi connectivity index (χ1n) is 11.2. The van der Waals surface area contributed by atoms with E-state index in [-0.39, 0.29) is 17.6 Å². The van der Waals surface area contributed by atoms with Crippen molar-refractivity contribution in [1.82, 2.24) is 15.4 Å². The van der Waals surface area contributed by atoms with Crippen molar-refractivity contribution in [2.24, 2.45) is 11.8 Å². The van der Waals surface area contributed by atoms with Crippen LogP contribution in [0.25, 0.3) is 0 Å². The monoisotopic (exact) mass is 443 g/mol. The molecule has 1 N–H and O–H groups in total. The zero-order valence-corrected chi connectivity index (χ0v) is 18.4. The Bertz CT molecular complexity index is 796. The number of nitrogens with one attached hydrogen (secondary N) is 1. The molecule has 31 heavy (non-hydrogen) atoms. The summed E-state index contributed by atoms with van der Waals surface area (Å²) in [4.78, 5) is 14.3. The molecule has 9 heteroatoms. The van der Waals surface area contributed by atoms with Crippen LogP contribution in [0.3, 0.4) is 0 Å². The highest BCUT2D eigenvalue weighted by Crippen LogP contribution is 2.59. The van der Waals surface area contributed by atoms with Crippen LogP contribution in [0.15, 0.2) is 10.6 Å². The number of fused-ring (bicyclic) bond motifs is 1. The third kappa shape index (κ3) is 5.18. The number of hydrogen-bond donors (Lipinski definition) is 1. The summed E-state index contributed by atoms with van der Waals surface area (Å²) >= 11 is 0. The van der Waals surface area contributed by atoms with E-state index in [1.165, 1.54) is 0 Å². The van der Waals surface area contributed by atoms with E-state index in [1.807, 2.05) is 20.8 Å². The summed E-state index contributed by atoms with van der Waals surface area (Å²) in [6, 6.07) is 1.26. The van der Waals surface area contributed by atoms with E-state index in [9.17, 15) is 18.0 Å². The number of piperidine rings is 1. The average molecular weight is 444 g/mol. The third-order valence-corrected chi connectivity index (χ3v) is 6.94. The number of alkyl halides is 3. The second kappa shape index (κ2) is 7.98. The maximum absolute atomic E-state index is 12.8. The lowest BCUT2D eigenvalue weighted by molar-refractivity contribution is -0.155. The molecular formula is C22H32F3N3O3. The van der Waals surface area contributed by atoms with Crippen LogP contribution in [0.2, 0.25) is 0 Å². The van der Waals surface area contributed by atoms with Crippen molar-refractivity contribution >= 4 is 6.09 Å². The first-order valence-corrected chi connectivity index (χ1v) is 11.2. The summed E-state index contributed by atoms with van der Waals surface area (Å²) < 4.78 is 48.4. The van der Waals surface area contributed by atoms with Gasteiger partial charge in [0.25, 0.3) is 0 Å². The van der Waals surface area contributed by atoms with Gasteiger partial charge in [-0.15, -0.1) is 0 Å². The lowest BCUT2D eigenvalue weighted by Gasteiger charge is -2.31. The average Bonchev–Trinajstić information content (AvgIpc) is 3.03. The number of nitrogens with zero attached hydrogens (tertiary/aromatic N) is 2. The van der Waals surface area contributed by atoms with Crippen LogP contribution in [-0.4, -0.2) is 47.4 Å². The molecule has 1 saturated heterocycles. The third-order valence-electron chi connectivity index (χ3n) is 6.94. The molecule has 0 aromatic carbocycles. The number of hydrogen-bond acceptors (Lipinski definition) is 5. The summed E-state index contributed by atoms with van der Waals surface area (Å²) in [6.45, 7) is 8.20. The molecule has 1 aliphatic heterocycles. The van der Waals surface area contributed by atoms with Gasteiger partial charge in [0.05, 0.1) is 5.69 Å². The van der Waals surface area contributed by atoms with E-state index < -0.39 is 17.5 Å². The minimum absolute atomic E-state index is 0.170. The first-order chi connectivity index (χ1) is 14.4. The smallest absolute Gasteiger partial charge is 0.444 e. The van der Waals surface area contributed by atoms with Crippen LogP contribution in [0.1, 0.15) is 70.8 Å². The van der Waals surface area contributed by atoms with Gasteiger partial charge in [-0.1, -0.05) is 5.16 Å². The molecule has 3 fully saturated rings. The maximum atomic E-state index is 12.8. The maximum Gasteiger partial charge on any atom is 0.452 e. The number of alkyl carbamates (subject to hydrolysis) is 1. The molecule has 2 saturated carbocycles. The second-order valence-electron chi connectivity index (χ2n) is 10.5. The Labute approximate surface area is 180 Å². The molecular weight excluding hydrogens is 411 g/mol. The number of carbonyl (C=O) groups excluding carboxylic acids is 1. The van der Waals surface area contributed by atoms with Gasteiger partial charge in [0.1, 0.15) is 5.60 Å². The number of carbonyl (C=O) groups is 1. The molecule has 0 radical (unpaired) electrons. The second-order valence-corrected chi connectivity index (χ2v) is 10.5. The predicted molar refractivity (Wildman–Crippen MR) is 107 cm³/mol. The highest BCUT2D eigenvalue weighted by molar-refractivity contribution is 5.68. The van der Waals surface area contributed by atoms with Gasteiger partial charge in [-0.3, -0.25) is 0 Å². The fourth-order valence-electron chi connectivity index (χ4n) is 5.23. The Morgan fingerprint density at radius 1 is 1.29 bits per heavy atom. The molecule has 174 valence electrons. The van der Waals surface area contributed by atoms with Gasteiger partial charge in [0.2, 0.25) is 5.76 Å². The van der Waals surface area contributed by atoms with Crippen LogP contribution >= 0.6 is 0 Å². The van der Waals surface area contributed by atoms with E-state index in [2.05, 4.69) is 19.9 Å². The van der Waals surface area contributed by atoms with Crippen LogP contribution in [0.5, 0.6) is 0 Å². The normalized spacial score (nSPS) is 31.4. The lowest BCUT2D eigenvalue weighted by Crippen LogP contribution is -2.41. The van der Waals surface area contributed by atoms with E-state index in [0.717, 1.165) is 64.2 Å². The van der Waals surface area contributed by atoms with E-state index >= 15 is 0 Å². The molecule has 1 amide bonds. The molecule has 0 spiro atoms. The van der Waals surface area contributed by atoms with Crippen LogP contribution in [-0.2, 0) is 16.3 Å². The van der Waals surface area contributed by atoms with Crippen LogP contribution < -0.4 is 5.32 Å². The number of rotatable bonds is 5. The topological polar surface area (TPSA) is 67.6 Å². The zero-order chi connectivity index (χ0) is 22.4.